The molecule has 0 saturated carbocycles. The van der Waals surface area contributed by atoms with Gasteiger partial charge in [-0.1, -0.05) is 23.2 Å². The molecule has 1 rings (SSSR count). The van der Waals surface area contributed by atoms with E-state index in [0.717, 1.165) is 5.56 Å². The van der Waals surface area contributed by atoms with E-state index in [1.807, 2.05) is 57.3 Å². The van der Waals surface area contributed by atoms with Crippen molar-refractivity contribution in [2.45, 2.75) is 26.3 Å². The molecule has 3 heteroatoms. The number of hydroxylamine groups is 1. The maximum absolute atomic E-state index is 5.09. The first kappa shape index (κ1) is 11.7. The first-order valence-corrected chi connectivity index (χ1v) is 4.94. The van der Waals surface area contributed by atoms with Crippen molar-refractivity contribution in [2.75, 3.05) is 7.11 Å². The van der Waals surface area contributed by atoms with Crippen molar-refractivity contribution in [3.05, 3.63) is 35.9 Å². The van der Waals surface area contributed by atoms with E-state index in [1.165, 1.54) is 7.11 Å². The summed E-state index contributed by atoms with van der Waals surface area (Å²) in [6.45, 7) is 6.14. The SMILES string of the molecule is COO/[N+](=C\c1ccccc1)C(C)(C)C. The zero-order valence-electron chi connectivity index (χ0n) is 9.73. The van der Waals surface area contributed by atoms with E-state index in [0.29, 0.717) is 0 Å². The van der Waals surface area contributed by atoms with Crippen LogP contribution in [0.25, 0.3) is 0 Å². The van der Waals surface area contributed by atoms with E-state index >= 15 is 0 Å². The Labute approximate surface area is 90.8 Å². The third kappa shape index (κ3) is 3.72. The van der Waals surface area contributed by atoms with Gasteiger partial charge in [0.05, 0.1) is 7.11 Å². The van der Waals surface area contributed by atoms with Gasteiger partial charge in [0.15, 0.2) is 0 Å². The second kappa shape index (κ2) is 4.94. The van der Waals surface area contributed by atoms with E-state index in [4.69, 9.17) is 9.88 Å². The van der Waals surface area contributed by atoms with Crippen LogP contribution in [0.2, 0.25) is 0 Å². The second-order valence-electron chi connectivity index (χ2n) is 4.28. The molecule has 0 aromatic heterocycles. The van der Waals surface area contributed by atoms with Crippen LogP contribution in [-0.4, -0.2) is 23.6 Å². The molecule has 1 aromatic rings. The summed E-state index contributed by atoms with van der Waals surface area (Å²) in [4.78, 5) is 9.79. The van der Waals surface area contributed by atoms with Crippen LogP contribution in [-0.2, 0) is 9.88 Å². The third-order valence-corrected chi connectivity index (χ3v) is 1.88. The average molecular weight is 208 g/mol. The lowest BCUT2D eigenvalue weighted by molar-refractivity contribution is -0.902. The minimum absolute atomic E-state index is 0.147. The highest BCUT2D eigenvalue weighted by molar-refractivity contribution is 5.75. The molecule has 0 aliphatic rings. The Morgan fingerprint density at radius 2 is 1.73 bits per heavy atom. The monoisotopic (exact) mass is 208 g/mol. The molecule has 82 valence electrons. The summed E-state index contributed by atoms with van der Waals surface area (Å²) < 4.78 is 1.68. The highest BCUT2D eigenvalue weighted by atomic mass is 17.3. The van der Waals surface area contributed by atoms with Gasteiger partial charge in [0.2, 0.25) is 11.8 Å². The smallest absolute Gasteiger partial charge is 0.132 e. The molecular formula is C12H18NO2+. The molecule has 0 amide bonds. The lowest BCUT2D eigenvalue weighted by atomic mass is 10.1. The van der Waals surface area contributed by atoms with Gasteiger partial charge in [-0.2, -0.15) is 0 Å². The molecule has 15 heavy (non-hydrogen) atoms. The van der Waals surface area contributed by atoms with Crippen molar-refractivity contribution in [1.82, 2.24) is 0 Å². The molecule has 0 radical (unpaired) electrons. The van der Waals surface area contributed by atoms with Crippen LogP contribution in [0.1, 0.15) is 26.3 Å². The molecule has 0 spiro atoms. The Kier molecular flexibility index (Phi) is 3.86. The Hall–Kier alpha value is -1.35. The molecule has 0 aliphatic carbocycles. The Morgan fingerprint density at radius 3 is 2.20 bits per heavy atom. The summed E-state index contributed by atoms with van der Waals surface area (Å²) in [5.41, 5.74) is 0.927. The summed E-state index contributed by atoms with van der Waals surface area (Å²) in [5.74, 6) is 0. The van der Waals surface area contributed by atoms with Gasteiger partial charge in [-0.15, -0.1) is 4.89 Å². The van der Waals surface area contributed by atoms with Crippen molar-refractivity contribution in [3.63, 3.8) is 0 Å². The molecule has 0 N–H and O–H groups in total. The highest BCUT2D eigenvalue weighted by Gasteiger charge is 2.28. The summed E-state index contributed by atoms with van der Waals surface area (Å²) in [6, 6.07) is 9.98. The van der Waals surface area contributed by atoms with Gasteiger partial charge in [0.25, 0.3) is 0 Å². The van der Waals surface area contributed by atoms with Gasteiger partial charge >= 0.3 is 0 Å². The topological polar surface area (TPSA) is 21.5 Å². The molecule has 0 aliphatic heterocycles. The van der Waals surface area contributed by atoms with E-state index in [-0.39, 0.29) is 5.54 Å². The van der Waals surface area contributed by atoms with Gasteiger partial charge in [-0.3, -0.25) is 0 Å². The van der Waals surface area contributed by atoms with Gasteiger partial charge in [0, 0.05) is 31.1 Å². The van der Waals surface area contributed by atoms with Crippen molar-refractivity contribution >= 4 is 6.21 Å². The molecule has 0 atom stereocenters. The summed E-state index contributed by atoms with van der Waals surface area (Å²) >= 11 is 0. The van der Waals surface area contributed by atoms with Crippen LogP contribution in [0, 0.1) is 0 Å². The van der Waals surface area contributed by atoms with E-state index in [2.05, 4.69) is 0 Å². The van der Waals surface area contributed by atoms with Crippen LogP contribution in [0.4, 0.5) is 0 Å². The van der Waals surface area contributed by atoms with Crippen molar-refractivity contribution in [1.29, 1.82) is 0 Å². The number of nitrogens with zero attached hydrogens (tertiary/aromatic N) is 1. The van der Waals surface area contributed by atoms with E-state index in [1.54, 1.807) is 4.74 Å². The Bertz CT molecular complexity index is 325. The molecule has 0 heterocycles. The second-order valence-corrected chi connectivity index (χ2v) is 4.28. The maximum atomic E-state index is 5.09. The fraction of sp³-hybridized carbons (Fsp3) is 0.417. The van der Waals surface area contributed by atoms with Crippen molar-refractivity contribution in [3.8, 4) is 0 Å². The van der Waals surface area contributed by atoms with Crippen LogP contribution in [0.5, 0.6) is 0 Å². The van der Waals surface area contributed by atoms with Gasteiger partial charge in [0.1, 0.15) is 0 Å². The summed E-state index contributed by atoms with van der Waals surface area (Å²) in [5, 5.41) is 0. The van der Waals surface area contributed by atoms with E-state index in [9.17, 15) is 0 Å². The number of benzene rings is 1. The van der Waals surface area contributed by atoms with Crippen LogP contribution >= 0.6 is 0 Å². The summed E-state index contributed by atoms with van der Waals surface area (Å²) in [7, 11) is 1.50. The van der Waals surface area contributed by atoms with Gasteiger partial charge in [-0.25, -0.2) is 0 Å². The van der Waals surface area contributed by atoms with Gasteiger partial charge in [-0.05, 0) is 12.1 Å². The number of hydrogen-bond donors (Lipinski definition) is 0. The molecule has 0 saturated heterocycles. The minimum atomic E-state index is -0.147. The summed E-state index contributed by atoms with van der Waals surface area (Å²) in [6.07, 6.45) is 1.91. The fourth-order valence-corrected chi connectivity index (χ4v) is 1.08. The predicted octanol–water partition coefficient (Wildman–Crippen LogP) is 2.41. The molecule has 1 aromatic carbocycles. The minimum Gasteiger partial charge on any atom is -0.132 e. The zero-order chi connectivity index (χ0) is 11.3. The van der Waals surface area contributed by atoms with E-state index < -0.39 is 0 Å². The third-order valence-electron chi connectivity index (χ3n) is 1.88. The highest BCUT2D eigenvalue weighted by Crippen LogP contribution is 2.08. The largest absolute Gasteiger partial charge is 0.227 e. The molecule has 0 unspecified atom stereocenters. The van der Waals surface area contributed by atoms with Crippen LogP contribution in [0.15, 0.2) is 30.3 Å². The lowest BCUT2D eigenvalue weighted by Crippen LogP contribution is -2.34. The fourth-order valence-electron chi connectivity index (χ4n) is 1.08. The standard InChI is InChI=1S/C12H18NO2/c1-12(2,3)13(15-14-4)10-11-8-6-5-7-9-11/h5-10H,1-4H3/q+1/b13-10-. The first-order valence-electron chi connectivity index (χ1n) is 4.94. The quantitative estimate of drug-likeness (QED) is 0.329. The Morgan fingerprint density at radius 1 is 1.13 bits per heavy atom. The maximum Gasteiger partial charge on any atom is 0.227 e. The molecule has 3 nitrogen and oxygen atoms in total. The molecule has 0 bridgehead atoms. The lowest BCUT2D eigenvalue weighted by Gasteiger charge is -2.12. The van der Waals surface area contributed by atoms with Crippen LogP contribution in [0.3, 0.4) is 0 Å². The van der Waals surface area contributed by atoms with Crippen molar-refractivity contribution < 1.29 is 14.6 Å². The van der Waals surface area contributed by atoms with Gasteiger partial charge < -0.3 is 0 Å². The first-order chi connectivity index (χ1) is 7.04. The zero-order valence-corrected chi connectivity index (χ0v) is 9.73. The average Bonchev–Trinajstić information content (AvgIpc) is 2.17. The Balaban J connectivity index is 2.94. The number of rotatable bonds is 3. The number of hydrogen-bond acceptors (Lipinski definition) is 2. The molecule has 0 fully saturated rings. The molecular weight excluding hydrogens is 190 g/mol. The van der Waals surface area contributed by atoms with Crippen molar-refractivity contribution in [2.24, 2.45) is 0 Å². The normalized spacial score (nSPS) is 12.7. The van der Waals surface area contributed by atoms with Crippen LogP contribution < -0.4 is 0 Å². The predicted molar refractivity (Wildman–Crippen MR) is 59.7 cm³/mol.